The molecular formula is C19H15FN4O2. The van der Waals surface area contributed by atoms with Gasteiger partial charge in [-0.1, -0.05) is 24.3 Å². The van der Waals surface area contributed by atoms with E-state index in [1.54, 1.807) is 0 Å². The summed E-state index contributed by atoms with van der Waals surface area (Å²) in [5.41, 5.74) is 4.36. The average Bonchev–Trinajstić information content (AvgIpc) is 2.63. The summed E-state index contributed by atoms with van der Waals surface area (Å²) in [6.45, 7) is 1.93. The number of H-pyrrole nitrogens is 1. The topological polar surface area (TPSA) is 87.2 Å². The molecule has 1 aromatic heterocycles. The number of aromatic amines is 1. The fraction of sp³-hybridized carbons (Fsp3) is 0.0526. The van der Waals surface area contributed by atoms with Gasteiger partial charge in [-0.2, -0.15) is 10.1 Å². The number of amides is 1. The van der Waals surface area contributed by atoms with Crippen LogP contribution in [0.1, 0.15) is 21.6 Å². The van der Waals surface area contributed by atoms with Crippen molar-refractivity contribution in [3.63, 3.8) is 0 Å². The summed E-state index contributed by atoms with van der Waals surface area (Å²) >= 11 is 0. The minimum absolute atomic E-state index is 0.00580. The van der Waals surface area contributed by atoms with Gasteiger partial charge in [0.05, 0.1) is 11.9 Å². The lowest BCUT2D eigenvalue weighted by atomic mass is 10.1. The Bertz CT molecular complexity index is 1030. The number of nitrogens with zero attached hydrogens (tertiary/aromatic N) is 2. The number of carbonyl (C=O) groups excluding carboxylic acids is 1. The molecule has 0 fully saturated rings. The van der Waals surface area contributed by atoms with Crippen molar-refractivity contribution in [1.82, 2.24) is 15.4 Å². The van der Waals surface area contributed by atoms with Crippen molar-refractivity contribution in [2.75, 3.05) is 0 Å². The molecule has 1 heterocycles. The third-order valence-corrected chi connectivity index (χ3v) is 3.69. The largest absolute Gasteiger partial charge is 0.346 e. The first-order valence-electron chi connectivity index (χ1n) is 7.79. The SMILES string of the molecule is Cc1ccccc1/C=N/NC(=O)c1cc(-c2ccc(F)cc2)nc(=O)[nH]1. The molecule has 0 aliphatic rings. The number of hydrogen-bond acceptors (Lipinski definition) is 4. The molecule has 1 amide bonds. The van der Waals surface area contributed by atoms with Gasteiger partial charge in [0.1, 0.15) is 11.5 Å². The van der Waals surface area contributed by atoms with Crippen molar-refractivity contribution >= 4 is 12.1 Å². The molecule has 0 atom stereocenters. The molecule has 0 saturated heterocycles. The summed E-state index contributed by atoms with van der Waals surface area (Å²) in [4.78, 5) is 30.1. The number of hydrazone groups is 1. The zero-order valence-electron chi connectivity index (χ0n) is 13.9. The molecule has 2 N–H and O–H groups in total. The van der Waals surface area contributed by atoms with E-state index >= 15 is 0 Å². The monoisotopic (exact) mass is 350 g/mol. The van der Waals surface area contributed by atoms with E-state index in [-0.39, 0.29) is 11.4 Å². The molecule has 0 saturated carbocycles. The zero-order valence-corrected chi connectivity index (χ0v) is 13.9. The van der Waals surface area contributed by atoms with E-state index in [1.807, 2.05) is 31.2 Å². The van der Waals surface area contributed by atoms with Crippen molar-refractivity contribution in [3.8, 4) is 11.3 Å². The molecule has 0 bridgehead atoms. The van der Waals surface area contributed by atoms with Crippen LogP contribution in [0.15, 0.2) is 64.5 Å². The van der Waals surface area contributed by atoms with Gasteiger partial charge in [0.15, 0.2) is 0 Å². The van der Waals surface area contributed by atoms with Gasteiger partial charge in [0.2, 0.25) is 0 Å². The Morgan fingerprint density at radius 3 is 2.65 bits per heavy atom. The van der Waals surface area contributed by atoms with E-state index < -0.39 is 17.4 Å². The highest BCUT2D eigenvalue weighted by molar-refractivity contribution is 5.94. The highest BCUT2D eigenvalue weighted by atomic mass is 19.1. The van der Waals surface area contributed by atoms with Crippen molar-refractivity contribution in [2.24, 2.45) is 5.10 Å². The molecule has 0 aliphatic carbocycles. The van der Waals surface area contributed by atoms with Gasteiger partial charge in [-0.25, -0.2) is 14.6 Å². The van der Waals surface area contributed by atoms with E-state index in [9.17, 15) is 14.0 Å². The number of rotatable bonds is 4. The Balaban J connectivity index is 1.80. The zero-order chi connectivity index (χ0) is 18.5. The molecule has 26 heavy (non-hydrogen) atoms. The lowest BCUT2D eigenvalue weighted by molar-refractivity contribution is 0.0949. The lowest BCUT2D eigenvalue weighted by Gasteiger charge is -2.04. The minimum atomic E-state index is -0.681. The molecule has 2 aromatic carbocycles. The van der Waals surface area contributed by atoms with Gasteiger partial charge in [0.25, 0.3) is 5.91 Å². The van der Waals surface area contributed by atoms with Crippen LogP contribution in [-0.2, 0) is 0 Å². The lowest BCUT2D eigenvalue weighted by Crippen LogP contribution is -2.24. The van der Waals surface area contributed by atoms with Crippen molar-refractivity contribution in [2.45, 2.75) is 6.92 Å². The maximum Gasteiger partial charge on any atom is 0.346 e. The molecule has 0 aliphatic heterocycles. The third-order valence-electron chi connectivity index (χ3n) is 3.69. The van der Waals surface area contributed by atoms with Gasteiger partial charge in [-0.05, 0) is 48.4 Å². The summed E-state index contributed by atoms with van der Waals surface area (Å²) in [7, 11) is 0. The van der Waals surface area contributed by atoms with E-state index in [0.29, 0.717) is 5.56 Å². The van der Waals surface area contributed by atoms with Crippen LogP contribution in [0.4, 0.5) is 4.39 Å². The maximum atomic E-state index is 13.0. The predicted molar refractivity (Wildman–Crippen MR) is 96.5 cm³/mol. The normalized spacial score (nSPS) is 10.8. The maximum absolute atomic E-state index is 13.0. The molecule has 0 radical (unpaired) electrons. The summed E-state index contributed by atoms with van der Waals surface area (Å²) in [5, 5.41) is 3.91. The Labute approximate surface area is 148 Å². The van der Waals surface area contributed by atoms with Crippen LogP contribution in [0.5, 0.6) is 0 Å². The Kier molecular flexibility index (Phi) is 4.98. The molecule has 130 valence electrons. The summed E-state index contributed by atoms with van der Waals surface area (Å²) < 4.78 is 13.0. The molecule has 0 unspecified atom stereocenters. The Hall–Kier alpha value is -3.61. The Morgan fingerprint density at radius 2 is 1.92 bits per heavy atom. The van der Waals surface area contributed by atoms with Gasteiger partial charge in [-0.3, -0.25) is 4.79 Å². The van der Waals surface area contributed by atoms with E-state index in [1.165, 1.54) is 36.5 Å². The van der Waals surface area contributed by atoms with Crippen LogP contribution in [0.25, 0.3) is 11.3 Å². The van der Waals surface area contributed by atoms with Gasteiger partial charge >= 0.3 is 5.69 Å². The highest BCUT2D eigenvalue weighted by Crippen LogP contribution is 2.16. The first kappa shape index (κ1) is 17.2. The van der Waals surface area contributed by atoms with Crippen LogP contribution in [0.2, 0.25) is 0 Å². The fourth-order valence-electron chi connectivity index (χ4n) is 2.30. The average molecular weight is 350 g/mol. The van der Waals surface area contributed by atoms with Crippen molar-refractivity contribution < 1.29 is 9.18 Å². The predicted octanol–water partition coefficient (Wildman–Crippen LogP) is 2.65. The molecule has 3 aromatic rings. The first-order valence-corrected chi connectivity index (χ1v) is 7.79. The summed E-state index contributed by atoms with van der Waals surface area (Å²) in [6, 6.07) is 14.5. The molecule has 7 heteroatoms. The molecule has 0 spiro atoms. The highest BCUT2D eigenvalue weighted by Gasteiger charge is 2.10. The van der Waals surface area contributed by atoms with E-state index in [2.05, 4.69) is 20.5 Å². The number of benzene rings is 2. The van der Waals surface area contributed by atoms with E-state index in [0.717, 1.165) is 11.1 Å². The van der Waals surface area contributed by atoms with Crippen LogP contribution in [-0.4, -0.2) is 22.1 Å². The minimum Gasteiger partial charge on any atom is -0.301 e. The van der Waals surface area contributed by atoms with Crippen LogP contribution in [0, 0.1) is 12.7 Å². The van der Waals surface area contributed by atoms with Crippen molar-refractivity contribution in [3.05, 3.63) is 87.7 Å². The fourth-order valence-corrected chi connectivity index (χ4v) is 2.30. The third kappa shape index (κ3) is 4.07. The standard InChI is InChI=1S/C19H15FN4O2/c1-12-4-2-3-5-14(12)11-21-24-18(25)17-10-16(22-19(26)23-17)13-6-8-15(20)9-7-13/h2-11H,1H3,(H,24,25)(H,22,23,26)/b21-11+. The summed E-state index contributed by atoms with van der Waals surface area (Å²) in [5.74, 6) is -0.986. The van der Waals surface area contributed by atoms with Gasteiger partial charge in [-0.15, -0.1) is 0 Å². The number of hydrogen-bond donors (Lipinski definition) is 2. The molecule has 3 rings (SSSR count). The second kappa shape index (κ2) is 7.52. The van der Waals surface area contributed by atoms with Crippen LogP contribution < -0.4 is 11.1 Å². The number of aromatic nitrogens is 2. The van der Waals surface area contributed by atoms with Crippen LogP contribution in [0.3, 0.4) is 0 Å². The first-order chi connectivity index (χ1) is 12.5. The second-order valence-electron chi connectivity index (χ2n) is 5.55. The number of carbonyl (C=O) groups is 1. The second-order valence-corrected chi connectivity index (χ2v) is 5.55. The number of nitrogens with one attached hydrogen (secondary N) is 2. The smallest absolute Gasteiger partial charge is 0.301 e. The van der Waals surface area contributed by atoms with E-state index in [4.69, 9.17) is 0 Å². The van der Waals surface area contributed by atoms with Gasteiger partial charge in [0, 0.05) is 5.56 Å². The Morgan fingerprint density at radius 1 is 1.19 bits per heavy atom. The number of halogens is 1. The summed E-state index contributed by atoms with van der Waals surface area (Å²) in [6.07, 6.45) is 1.52. The number of aryl methyl sites for hydroxylation is 1. The molecular weight excluding hydrogens is 335 g/mol. The van der Waals surface area contributed by atoms with Crippen LogP contribution >= 0.6 is 0 Å². The quantitative estimate of drug-likeness (QED) is 0.560. The van der Waals surface area contributed by atoms with Crippen molar-refractivity contribution in [1.29, 1.82) is 0 Å². The molecule has 6 nitrogen and oxygen atoms in total. The van der Waals surface area contributed by atoms with Gasteiger partial charge < -0.3 is 4.98 Å².